The van der Waals surface area contributed by atoms with Crippen LogP contribution in [0.25, 0.3) is 0 Å². The van der Waals surface area contributed by atoms with E-state index in [0.717, 1.165) is 12.1 Å². The third kappa shape index (κ3) is 2.01. The Bertz CT molecular complexity index is 510. The van der Waals surface area contributed by atoms with Crippen LogP contribution >= 0.6 is 15.9 Å². The van der Waals surface area contributed by atoms with Crippen LogP contribution < -0.4 is 0 Å². The molecule has 1 atom stereocenters. The van der Waals surface area contributed by atoms with Crippen LogP contribution in [0.15, 0.2) is 39.4 Å². The Morgan fingerprint density at radius 1 is 1.19 bits per heavy atom. The van der Waals surface area contributed by atoms with Crippen LogP contribution in [-0.2, 0) is 0 Å². The van der Waals surface area contributed by atoms with Crippen molar-refractivity contribution >= 4 is 15.9 Å². The lowest BCUT2D eigenvalue weighted by atomic mass is 10.1. The van der Waals surface area contributed by atoms with Crippen molar-refractivity contribution in [2.24, 2.45) is 0 Å². The van der Waals surface area contributed by atoms with Gasteiger partial charge in [0.05, 0.1) is 10.7 Å². The maximum atomic E-state index is 13.0. The van der Waals surface area contributed by atoms with Gasteiger partial charge in [-0.3, -0.25) is 0 Å². The molecule has 2 aromatic rings. The van der Waals surface area contributed by atoms with Crippen molar-refractivity contribution in [1.29, 1.82) is 0 Å². The summed E-state index contributed by atoms with van der Waals surface area (Å²) in [7, 11) is 0. The minimum atomic E-state index is -1.13. The lowest BCUT2D eigenvalue weighted by Crippen LogP contribution is -2.00. The van der Waals surface area contributed by atoms with Crippen molar-refractivity contribution < 1.29 is 18.3 Å². The molecule has 0 aliphatic heterocycles. The Kier molecular flexibility index (Phi) is 3.07. The molecule has 84 valence electrons. The van der Waals surface area contributed by atoms with Gasteiger partial charge in [0, 0.05) is 0 Å². The molecule has 1 N–H and O–H groups in total. The van der Waals surface area contributed by atoms with Crippen molar-refractivity contribution in [3.05, 3.63) is 58.0 Å². The Hall–Kier alpha value is -1.20. The molecule has 0 bridgehead atoms. The highest BCUT2D eigenvalue weighted by molar-refractivity contribution is 9.10. The minimum absolute atomic E-state index is 0.231. The molecule has 0 radical (unpaired) electrons. The van der Waals surface area contributed by atoms with E-state index in [4.69, 9.17) is 4.42 Å². The number of furan rings is 1. The van der Waals surface area contributed by atoms with Gasteiger partial charge < -0.3 is 9.52 Å². The van der Waals surface area contributed by atoms with Crippen molar-refractivity contribution in [2.75, 3.05) is 0 Å². The van der Waals surface area contributed by atoms with Gasteiger partial charge in [-0.1, -0.05) is 6.07 Å². The smallest absolute Gasteiger partial charge is 0.159 e. The number of rotatable bonds is 2. The molecular weight excluding hydrogens is 282 g/mol. The van der Waals surface area contributed by atoms with Gasteiger partial charge >= 0.3 is 0 Å². The third-order valence-corrected chi connectivity index (χ3v) is 2.81. The lowest BCUT2D eigenvalue weighted by Gasteiger charge is -2.09. The summed E-state index contributed by atoms with van der Waals surface area (Å²) in [5.41, 5.74) is 0.231. The van der Waals surface area contributed by atoms with Gasteiger partial charge in [-0.2, -0.15) is 0 Å². The van der Waals surface area contributed by atoms with Crippen molar-refractivity contribution in [1.82, 2.24) is 0 Å². The second-order valence-electron chi connectivity index (χ2n) is 3.21. The molecule has 0 saturated carbocycles. The van der Waals surface area contributed by atoms with Crippen molar-refractivity contribution in [2.45, 2.75) is 6.10 Å². The lowest BCUT2D eigenvalue weighted by molar-refractivity contribution is 0.187. The van der Waals surface area contributed by atoms with Crippen LogP contribution in [0, 0.1) is 11.6 Å². The van der Waals surface area contributed by atoms with E-state index in [2.05, 4.69) is 15.9 Å². The van der Waals surface area contributed by atoms with Gasteiger partial charge in [-0.05, 0) is 39.7 Å². The standard InChI is InChI=1S/C11H7BrF2O2/c12-7-3-4-16-11(7)10(15)6-1-2-8(13)9(14)5-6/h1-5,10,15H. The molecule has 1 heterocycles. The highest BCUT2D eigenvalue weighted by Crippen LogP contribution is 2.29. The largest absolute Gasteiger partial charge is 0.465 e. The zero-order chi connectivity index (χ0) is 11.7. The third-order valence-electron chi connectivity index (χ3n) is 2.15. The molecule has 0 fully saturated rings. The normalized spacial score (nSPS) is 12.8. The monoisotopic (exact) mass is 288 g/mol. The molecule has 1 aromatic carbocycles. The Morgan fingerprint density at radius 2 is 1.94 bits per heavy atom. The average molecular weight is 289 g/mol. The number of halogens is 3. The molecule has 0 spiro atoms. The zero-order valence-electron chi connectivity index (χ0n) is 7.95. The van der Waals surface area contributed by atoms with E-state index in [9.17, 15) is 13.9 Å². The van der Waals surface area contributed by atoms with E-state index in [1.807, 2.05) is 0 Å². The van der Waals surface area contributed by atoms with E-state index in [-0.39, 0.29) is 11.3 Å². The van der Waals surface area contributed by atoms with Crippen LogP contribution in [0.5, 0.6) is 0 Å². The van der Waals surface area contributed by atoms with Crippen molar-refractivity contribution in [3.63, 3.8) is 0 Å². The van der Waals surface area contributed by atoms with Gasteiger partial charge in [0.1, 0.15) is 6.10 Å². The summed E-state index contributed by atoms with van der Waals surface area (Å²) in [6.45, 7) is 0. The SMILES string of the molecule is OC(c1ccc(F)c(F)c1)c1occc1Br. The number of hydrogen-bond acceptors (Lipinski definition) is 2. The van der Waals surface area contributed by atoms with Crippen LogP contribution in [0.2, 0.25) is 0 Å². The summed E-state index contributed by atoms with van der Waals surface area (Å²) < 4.78 is 31.3. The Balaban J connectivity index is 2.38. The molecule has 2 rings (SSSR count). The first kappa shape index (κ1) is 11.3. The quantitative estimate of drug-likeness (QED) is 0.919. The molecule has 16 heavy (non-hydrogen) atoms. The van der Waals surface area contributed by atoms with E-state index in [1.54, 1.807) is 6.07 Å². The number of aliphatic hydroxyl groups is 1. The second-order valence-corrected chi connectivity index (χ2v) is 4.06. The predicted molar refractivity (Wildman–Crippen MR) is 56.8 cm³/mol. The highest BCUT2D eigenvalue weighted by Gasteiger charge is 2.18. The Morgan fingerprint density at radius 3 is 2.50 bits per heavy atom. The van der Waals surface area contributed by atoms with Crippen LogP contribution in [-0.4, -0.2) is 5.11 Å². The zero-order valence-corrected chi connectivity index (χ0v) is 9.54. The summed E-state index contributed by atoms with van der Waals surface area (Å²) in [6.07, 6.45) is 0.266. The first-order chi connectivity index (χ1) is 7.59. The average Bonchev–Trinajstić information content (AvgIpc) is 2.67. The minimum Gasteiger partial charge on any atom is -0.465 e. The summed E-state index contributed by atoms with van der Waals surface area (Å²) >= 11 is 3.18. The summed E-state index contributed by atoms with van der Waals surface area (Å²) in [4.78, 5) is 0. The molecular formula is C11H7BrF2O2. The first-order valence-electron chi connectivity index (χ1n) is 4.45. The van der Waals surface area contributed by atoms with E-state index < -0.39 is 17.7 Å². The molecule has 2 nitrogen and oxygen atoms in total. The van der Waals surface area contributed by atoms with Crippen LogP contribution in [0.3, 0.4) is 0 Å². The molecule has 0 amide bonds. The Labute approximate surface area is 98.6 Å². The molecule has 1 unspecified atom stereocenters. The maximum Gasteiger partial charge on any atom is 0.159 e. The van der Waals surface area contributed by atoms with Gasteiger partial charge in [0.2, 0.25) is 0 Å². The predicted octanol–water partition coefficient (Wildman–Crippen LogP) is 3.40. The summed E-state index contributed by atoms with van der Waals surface area (Å²) in [5, 5.41) is 9.86. The van der Waals surface area contributed by atoms with Crippen molar-refractivity contribution in [3.8, 4) is 0 Å². The fourth-order valence-electron chi connectivity index (χ4n) is 1.33. The van der Waals surface area contributed by atoms with Gasteiger partial charge in [-0.25, -0.2) is 8.78 Å². The topological polar surface area (TPSA) is 33.4 Å². The fourth-order valence-corrected chi connectivity index (χ4v) is 1.75. The van der Waals surface area contributed by atoms with Gasteiger partial charge in [0.15, 0.2) is 17.4 Å². The first-order valence-corrected chi connectivity index (χ1v) is 5.25. The molecule has 0 saturated heterocycles. The summed E-state index contributed by atoms with van der Waals surface area (Å²) in [6, 6.07) is 4.82. The van der Waals surface area contributed by atoms with E-state index >= 15 is 0 Å². The van der Waals surface area contributed by atoms with Gasteiger partial charge in [-0.15, -0.1) is 0 Å². The highest BCUT2D eigenvalue weighted by atomic mass is 79.9. The van der Waals surface area contributed by atoms with Gasteiger partial charge in [0.25, 0.3) is 0 Å². The van der Waals surface area contributed by atoms with E-state index in [0.29, 0.717) is 4.47 Å². The van der Waals surface area contributed by atoms with E-state index in [1.165, 1.54) is 12.3 Å². The fraction of sp³-hybridized carbons (Fsp3) is 0.0909. The molecule has 5 heteroatoms. The van der Waals surface area contributed by atoms with Crippen LogP contribution in [0.4, 0.5) is 8.78 Å². The molecule has 0 aliphatic rings. The maximum absolute atomic E-state index is 13.0. The number of benzene rings is 1. The molecule has 1 aromatic heterocycles. The number of hydrogen-bond donors (Lipinski definition) is 1. The summed E-state index contributed by atoms with van der Waals surface area (Å²) in [5.74, 6) is -1.69. The molecule has 0 aliphatic carbocycles. The number of aliphatic hydroxyl groups excluding tert-OH is 1. The second kappa shape index (κ2) is 4.35. The van der Waals surface area contributed by atoms with Crippen LogP contribution in [0.1, 0.15) is 17.4 Å².